The fourth-order valence-electron chi connectivity index (χ4n) is 3.50. The smallest absolute Gasteiger partial charge is 0.303 e. The summed E-state index contributed by atoms with van der Waals surface area (Å²) in [6.07, 6.45) is 7.47. The lowest BCUT2D eigenvalue weighted by molar-refractivity contribution is -0.870. The van der Waals surface area contributed by atoms with Crippen LogP contribution in [0.15, 0.2) is 0 Å². The van der Waals surface area contributed by atoms with Crippen molar-refractivity contribution in [3.63, 3.8) is 0 Å². The van der Waals surface area contributed by atoms with Crippen molar-refractivity contribution >= 4 is 13.8 Å². The summed E-state index contributed by atoms with van der Waals surface area (Å²) in [5.41, 5.74) is 0. The minimum atomic E-state index is -4.52. The minimum Gasteiger partial charge on any atom is -0.756 e. The predicted octanol–water partition coefficient (Wildman–Crippen LogP) is 6.40. The molecule has 0 amide bonds. The first-order valence-corrected chi connectivity index (χ1v) is 15.6. The number of phosphoric acid groups is 1. The number of esters is 1. The summed E-state index contributed by atoms with van der Waals surface area (Å²) >= 11 is 0. The molecule has 0 saturated carbocycles. The van der Waals surface area contributed by atoms with Crippen molar-refractivity contribution in [3.05, 3.63) is 0 Å². The Labute approximate surface area is 233 Å². The topological polar surface area (TPSA) is 94.1 Å². The predicted molar refractivity (Wildman–Crippen MR) is 148 cm³/mol. The molecule has 2 atom stereocenters. The number of rotatable bonds is 27. The molecule has 0 aliphatic carbocycles. The summed E-state index contributed by atoms with van der Waals surface area (Å²) in [4.78, 5) is 23.3. The van der Waals surface area contributed by atoms with E-state index in [0.717, 1.165) is 51.4 Å². The molecule has 0 aliphatic rings. The van der Waals surface area contributed by atoms with E-state index in [0.29, 0.717) is 24.1 Å². The Balaban J connectivity index is 4.08. The molecule has 37 heavy (non-hydrogen) atoms. The summed E-state index contributed by atoms with van der Waals surface area (Å²) < 4.78 is 65.9. The highest BCUT2D eigenvalue weighted by Gasteiger charge is 2.19. The van der Waals surface area contributed by atoms with Crippen molar-refractivity contribution in [2.24, 2.45) is 0 Å². The van der Waals surface area contributed by atoms with Crippen LogP contribution in [-0.4, -0.2) is 70.7 Å². The first kappa shape index (κ1) is 29.5. The van der Waals surface area contributed by atoms with Gasteiger partial charge in [0.25, 0.3) is 7.82 Å². The second-order valence-electron chi connectivity index (χ2n) is 10.6. The molecule has 0 rings (SSSR count). The second-order valence-corrected chi connectivity index (χ2v) is 12.0. The van der Waals surface area contributed by atoms with Gasteiger partial charge in [0.1, 0.15) is 19.3 Å². The van der Waals surface area contributed by atoms with Gasteiger partial charge in [0.2, 0.25) is 0 Å². The van der Waals surface area contributed by atoms with Crippen LogP contribution in [0.3, 0.4) is 0 Å². The summed E-state index contributed by atoms with van der Waals surface area (Å²) in [5, 5.41) is 0. The van der Waals surface area contributed by atoms with Crippen LogP contribution in [0.25, 0.3) is 0 Å². The Morgan fingerprint density at radius 2 is 1.32 bits per heavy atom. The van der Waals surface area contributed by atoms with Gasteiger partial charge < -0.3 is 27.9 Å². The fraction of sp³-hybridized carbons (Fsp3) is 0.964. The van der Waals surface area contributed by atoms with Crippen LogP contribution in [0.5, 0.6) is 0 Å². The number of unbranched alkanes of at least 4 members (excludes halogenated alkanes) is 10. The van der Waals surface area contributed by atoms with Crippen LogP contribution in [0, 0.1) is 0 Å². The van der Waals surface area contributed by atoms with Crippen LogP contribution < -0.4 is 4.89 Å². The van der Waals surface area contributed by atoms with Crippen LogP contribution >= 0.6 is 7.82 Å². The van der Waals surface area contributed by atoms with E-state index < -0.39 is 32.6 Å². The van der Waals surface area contributed by atoms with E-state index in [1.807, 2.05) is 21.1 Å². The molecular formula is C28H58NO7P. The van der Waals surface area contributed by atoms with Crippen molar-refractivity contribution in [1.82, 2.24) is 0 Å². The van der Waals surface area contributed by atoms with Gasteiger partial charge in [-0.3, -0.25) is 9.36 Å². The molecule has 8 nitrogen and oxygen atoms in total. The van der Waals surface area contributed by atoms with E-state index in [1.165, 1.54) is 26.2 Å². The molecule has 0 aromatic rings. The van der Waals surface area contributed by atoms with Crippen LogP contribution in [-0.2, 0) is 27.9 Å². The largest absolute Gasteiger partial charge is 0.756 e. The highest BCUT2D eigenvalue weighted by atomic mass is 31.2. The molecule has 0 aromatic carbocycles. The number of hydrogen-bond acceptors (Lipinski definition) is 7. The van der Waals surface area contributed by atoms with Gasteiger partial charge in [0.15, 0.2) is 0 Å². The highest BCUT2D eigenvalue weighted by molar-refractivity contribution is 7.45. The number of ether oxygens (including phenoxy) is 2. The maximum Gasteiger partial charge on any atom is 0.303 e. The van der Waals surface area contributed by atoms with Gasteiger partial charge >= 0.3 is 5.97 Å². The standard InChI is InChI=1S/C28H58NO7P/c1-6-7-8-9-10-11-12-13-14-15-16-17-18-19-20-21-23-33-25-28(36-27(2)30)26-35-37(31,32)34-24-22-29(3,4)5/h28H,6-26H2,1-5H3/t28-/m1/s1/i13D2,14D2. The summed E-state index contributed by atoms with van der Waals surface area (Å²) in [6, 6.07) is 0. The average Bonchev–Trinajstić information content (AvgIpc) is 2.84. The van der Waals surface area contributed by atoms with Crippen molar-refractivity contribution in [2.75, 3.05) is 54.1 Å². The number of quaternary nitrogens is 1. The molecule has 1 unspecified atom stereocenters. The normalized spacial score (nSPS) is 16.8. The summed E-state index contributed by atoms with van der Waals surface area (Å²) in [5.74, 6) is -0.561. The number of nitrogens with zero attached hydrogens (tertiary/aromatic N) is 1. The zero-order valence-corrected chi connectivity index (χ0v) is 25.2. The maximum atomic E-state index is 12.0. The number of phosphoric ester groups is 1. The zero-order chi connectivity index (χ0) is 31.4. The van der Waals surface area contributed by atoms with Crippen molar-refractivity contribution < 1.29 is 42.7 Å². The summed E-state index contributed by atoms with van der Waals surface area (Å²) in [6.45, 7) is 3.92. The Morgan fingerprint density at radius 3 is 1.84 bits per heavy atom. The fourth-order valence-corrected chi connectivity index (χ4v) is 4.23. The highest BCUT2D eigenvalue weighted by Crippen LogP contribution is 2.38. The minimum absolute atomic E-state index is 0.00822. The molecule has 0 heterocycles. The zero-order valence-electron chi connectivity index (χ0n) is 28.3. The van der Waals surface area contributed by atoms with Crippen LogP contribution in [0.4, 0.5) is 0 Å². The van der Waals surface area contributed by atoms with Crippen LogP contribution in [0.1, 0.15) is 122 Å². The Bertz CT molecular complexity index is 739. The number of carbonyl (C=O) groups excluding carboxylic acids is 1. The molecule has 0 saturated heterocycles. The Kier molecular flexibility index (Phi) is 18.6. The number of hydrogen-bond donors (Lipinski definition) is 0. The quantitative estimate of drug-likeness (QED) is 0.0501. The third-order valence-corrected chi connectivity index (χ3v) is 6.65. The van der Waals surface area contributed by atoms with Gasteiger partial charge in [-0.15, -0.1) is 0 Å². The molecule has 9 heteroatoms. The van der Waals surface area contributed by atoms with Crippen molar-refractivity contribution in [1.29, 1.82) is 0 Å². The van der Waals surface area contributed by atoms with Gasteiger partial charge in [-0.2, -0.15) is 0 Å². The SMILES string of the molecule is [2H]C([2H])(CCCCCCCC)C([2H])([2H])CCCCCCCCOC[C@H](COP(=O)([O-])OCC[N+](C)(C)C)OC(C)=O. The van der Waals surface area contributed by atoms with Gasteiger partial charge in [0, 0.05) is 19.0 Å². The number of carbonyl (C=O) groups is 1. The maximum absolute atomic E-state index is 12.0. The van der Waals surface area contributed by atoms with E-state index in [-0.39, 0.29) is 32.7 Å². The monoisotopic (exact) mass is 555 g/mol. The second kappa shape index (κ2) is 23.4. The van der Waals surface area contributed by atoms with Crippen molar-refractivity contribution in [2.45, 2.75) is 123 Å². The van der Waals surface area contributed by atoms with E-state index in [2.05, 4.69) is 6.92 Å². The molecule has 0 aliphatic heterocycles. The first-order valence-electron chi connectivity index (χ1n) is 16.2. The van der Waals surface area contributed by atoms with Gasteiger partial charge in [-0.1, -0.05) is 103 Å². The molecule has 0 spiro atoms. The van der Waals surface area contributed by atoms with Crippen LogP contribution in [0.2, 0.25) is 0 Å². The molecule has 0 fully saturated rings. The lowest BCUT2D eigenvalue weighted by atomic mass is 10.0. The lowest BCUT2D eigenvalue weighted by Gasteiger charge is -2.28. The third kappa shape index (κ3) is 28.3. The Morgan fingerprint density at radius 1 is 0.811 bits per heavy atom. The molecule has 0 aromatic heterocycles. The van der Waals surface area contributed by atoms with E-state index in [1.54, 1.807) is 0 Å². The molecule has 222 valence electrons. The molecular weight excluding hydrogens is 493 g/mol. The Hall–Kier alpha value is -0.500. The van der Waals surface area contributed by atoms with Gasteiger partial charge in [0.05, 0.1) is 34.4 Å². The molecule has 0 radical (unpaired) electrons. The van der Waals surface area contributed by atoms with E-state index in [9.17, 15) is 14.3 Å². The van der Waals surface area contributed by atoms with Crippen molar-refractivity contribution in [3.8, 4) is 0 Å². The molecule has 0 bridgehead atoms. The number of likely N-dealkylation sites (N-methyl/N-ethyl adjacent to an activating group) is 1. The van der Waals surface area contributed by atoms with Gasteiger partial charge in [-0.25, -0.2) is 0 Å². The van der Waals surface area contributed by atoms with Gasteiger partial charge in [-0.05, 0) is 6.42 Å². The van der Waals surface area contributed by atoms with E-state index >= 15 is 0 Å². The summed E-state index contributed by atoms with van der Waals surface area (Å²) in [7, 11) is 1.22. The first-order chi connectivity index (χ1) is 19.0. The van der Waals surface area contributed by atoms with E-state index in [4.69, 9.17) is 24.0 Å². The average molecular weight is 556 g/mol. The third-order valence-electron chi connectivity index (χ3n) is 5.69. The lowest BCUT2D eigenvalue weighted by Crippen LogP contribution is -2.37. The molecule has 0 N–H and O–H groups in total.